The number of hydrogen-bond acceptors (Lipinski definition) is 6. The van der Waals surface area contributed by atoms with Crippen LogP contribution in [0.4, 0.5) is 11.6 Å². The van der Waals surface area contributed by atoms with Crippen LogP contribution in [0.15, 0.2) is 35.8 Å². The van der Waals surface area contributed by atoms with Crippen molar-refractivity contribution in [2.75, 3.05) is 11.9 Å². The fourth-order valence-corrected chi connectivity index (χ4v) is 3.77. The van der Waals surface area contributed by atoms with Crippen molar-refractivity contribution in [2.24, 2.45) is 0 Å². The van der Waals surface area contributed by atoms with Gasteiger partial charge in [0.25, 0.3) is 4.96 Å². The van der Waals surface area contributed by atoms with E-state index < -0.39 is 4.92 Å². The van der Waals surface area contributed by atoms with Gasteiger partial charge in [-0.2, -0.15) is 9.38 Å². The molecule has 9 heteroatoms. The molecule has 7 nitrogen and oxygen atoms in total. The summed E-state index contributed by atoms with van der Waals surface area (Å²) in [5, 5.41) is 17.1. The minimum Gasteiger partial charge on any atom is -0.371 e. The summed E-state index contributed by atoms with van der Waals surface area (Å²) in [6.07, 6.45) is 2.20. The topological polar surface area (TPSA) is 81.7 Å². The number of hydrogen-bond donors (Lipinski definition) is 1. The Bertz CT molecular complexity index is 892. The molecule has 1 fully saturated rings. The number of nitrogens with zero attached hydrogens (tertiary/aromatic N) is 3. The predicted molar refractivity (Wildman–Crippen MR) is 91.9 cm³/mol. The van der Waals surface area contributed by atoms with E-state index in [1.165, 1.54) is 15.7 Å². The molecule has 1 saturated heterocycles. The highest BCUT2D eigenvalue weighted by Gasteiger charge is 2.33. The second-order valence-corrected chi connectivity index (χ2v) is 6.79. The maximum Gasteiger partial charge on any atom is 0.372 e. The van der Waals surface area contributed by atoms with Crippen molar-refractivity contribution < 1.29 is 9.66 Å². The summed E-state index contributed by atoms with van der Waals surface area (Å²) >= 11 is 7.29. The van der Waals surface area contributed by atoms with E-state index in [2.05, 4.69) is 10.3 Å². The minimum atomic E-state index is -0.415. The first-order valence-electron chi connectivity index (χ1n) is 7.37. The van der Waals surface area contributed by atoms with Gasteiger partial charge in [-0.25, -0.2) is 0 Å². The zero-order valence-electron chi connectivity index (χ0n) is 12.4. The van der Waals surface area contributed by atoms with Crippen LogP contribution in [0.5, 0.6) is 0 Å². The highest BCUT2D eigenvalue weighted by molar-refractivity contribution is 7.15. The van der Waals surface area contributed by atoms with E-state index in [1.807, 2.05) is 24.3 Å². The van der Waals surface area contributed by atoms with Gasteiger partial charge < -0.3 is 20.2 Å². The molecule has 1 aromatic carbocycles. The summed E-state index contributed by atoms with van der Waals surface area (Å²) in [7, 11) is 0. The zero-order chi connectivity index (χ0) is 16.7. The average molecular weight is 365 g/mol. The lowest BCUT2D eigenvalue weighted by Crippen LogP contribution is -2.23. The summed E-state index contributed by atoms with van der Waals surface area (Å²) in [5.74, 6) is 0.231. The van der Waals surface area contributed by atoms with Crippen molar-refractivity contribution in [2.45, 2.75) is 18.6 Å². The van der Waals surface area contributed by atoms with E-state index in [0.717, 1.165) is 12.0 Å². The molecule has 0 unspecified atom stereocenters. The third-order valence-corrected chi connectivity index (χ3v) is 5.03. The highest BCUT2D eigenvalue weighted by atomic mass is 35.5. The van der Waals surface area contributed by atoms with E-state index in [-0.39, 0.29) is 23.8 Å². The predicted octanol–water partition coefficient (Wildman–Crippen LogP) is 3.90. The molecule has 1 aliphatic heterocycles. The standard InChI is InChI=1S/C15H13ClN4O3S/c16-10-3-1-9(2-4-10)12-11(5-7-23-12)17-13-14(20(21)22)19-6-8-24-15(19)18-13/h1-4,6,8,11-12,17H,5,7H2/t11-,12+/m0/s1. The van der Waals surface area contributed by atoms with Crippen LogP contribution in [-0.2, 0) is 4.74 Å². The quantitative estimate of drug-likeness (QED) is 0.560. The monoisotopic (exact) mass is 364 g/mol. The van der Waals surface area contributed by atoms with Gasteiger partial charge in [-0.05, 0) is 29.0 Å². The van der Waals surface area contributed by atoms with Crippen molar-refractivity contribution >= 4 is 39.5 Å². The number of ether oxygens (including phenoxy) is 1. The first kappa shape index (κ1) is 15.4. The van der Waals surface area contributed by atoms with E-state index in [0.29, 0.717) is 16.6 Å². The summed E-state index contributed by atoms with van der Waals surface area (Å²) in [6, 6.07) is 7.35. The van der Waals surface area contributed by atoms with Crippen molar-refractivity contribution in [1.82, 2.24) is 9.38 Å². The molecule has 0 spiro atoms. The van der Waals surface area contributed by atoms with Gasteiger partial charge in [0, 0.05) is 17.0 Å². The number of rotatable bonds is 4. The van der Waals surface area contributed by atoms with Crippen molar-refractivity contribution in [1.29, 1.82) is 0 Å². The number of aromatic nitrogens is 2. The van der Waals surface area contributed by atoms with Gasteiger partial charge in [-0.15, -0.1) is 0 Å². The average Bonchev–Trinajstić information content (AvgIpc) is 3.23. The lowest BCUT2D eigenvalue weighted by molar-refractivity contribution is -0.389. The van der Waals surface area contributed by atoms with Crippen molar-refractivity contribution in [3.8, 4) is 0 Å². The van der Waals surface area contributed by atoms with Crippen LogP contribution in [0, 0.1) is 10.1 Å². The van der Waals surface area contributed by atoms with Gasteiger partial charge in [0.2, 0.25) is 5.82 Å². The lowest BCUT2D eigenvalue weighted by atomic mass is 10.0. The Hall–Kier alpha value is -2.16. The van der Waals surface area contributed by atoms with Crippen LogP contribution in [0.1, 0.15) is 18.1 Å². The second-order valence-electron chi connectivity index (χ2n) is 5.48. The van der Waals surface area contributed by atoms with Crippen molar-refractivity contribution in [3.63, 3.8) is 0 Å². The molecule has 24 heavy (non-hydrogen) atoms. The van der Waals surface area contributed by atoms with E-state index in [9.17, 15) is 10.1 Å². The summed E-state index contributed by atoms with van der Waals surface area (Å²) < 4.78 is 7.30. The smallest absolute Gasteiger partial charge is 0.371 e. The molecule has 0 amide bonds. The SMILES string of the molecule is O=[N+]([O-])c1c(N[C@H]2CCO[C@@H]2c2ccc(Cl)cc2)nc2sccn12. The summed E-state index contributed by atoms with van der Waals surface area (Å²) in [4.78, 5) is 15.9. The second kappa shape index (κ2) is 6.04. The Kier molecular flexibility index (Phi) is 3.87. The number of imidazole rings is 1. The number of halogens is 1. The molecule has 4 rings (SSSR count). The molecule has 0 aliphatic carbocycles. The van der Waals surface area contributed by atoms with Gasteiger partial charge in [0.05, 0.1) is 6.04 Å². The molecule has 0 bridgehead atoms. The van der Waals surface area contributed by atoms with Gasteiger partial charge >= 0.3 is 5.82 Å². The molecule has 2 atom stereocenters. The molecule has 3 aromatic rings. The summed E-state index contributed by atoms with van der Waals surface area (Å²) in [5.41, 5.74) is 0.984. The van der Waals surface area contributed by atoms with E-state index in [1.54, 1.807) is 11.6 Å². The van der Waals surface area contributed by atoms with Crippen LogP contribution in [-0.4, -0.2) is 27.0 Å². The largest absolute Gasteiger partial charge is 0.372 e. The molecule has 1 aliphatic rings. The fourth-order valence-electron chi connectivity index (χ4n) is 2.94. The third-order valence-electron chi connectivity index (χ3n) is 4.02. The van der Waals surface area contributed by atoms with Gasteiger partial charge in [-0.3, -0.25) is 0 Å². The molecule has 2 aromatic heterocycles. The first-order chi connectivity index (χ1) is 11.6. The highest BCUT2D eigenvalue weighted by Crippen LogP contribution is 2.35. The maximum atomic E-state index is 11.4. The number of thiazole rings is 1. The Morgan fingerprint density at radius 3 is 2.96 bits per heavy atom. The number of nitro groups is 1. The van der Waals surface area contributed by atoms with Crippen LogP contribution in [0.25, 0.3) is 4.96 Å². The van der Waals surface area contributed by atoms with E-state index >= 15 is 0 Å². The normalized spacial score (nSPS) is 20.5. The first-order valence-corrected chi connectivity index (χ1v) is 8.63. The Labute approximate surface area is 146 Å². The van der Waals surface area contributed by atoms with Crippen LogP contribution >= 0.6 is 22.9 Å². The molecular weight excluding hydrogens is 352 g/mol. The number of nitrogens with one attached hydrogen (secondary N) is 1. The zero-order valence-corrected chi connectivity index (χ0v) is 14.0. The fraction of sp³-hybridized carbons (Fsp3) is 0.267. The Balaban J connectivity index is 1.64. The van der Waals surface area contributed by atoms with Gasteiger partial charge in [-0.1, -0.05) is 35.1 Å². The van der Waals surface area contributed by atoms with Crippen LogP contribution in [0.2, 0.25) is 5.02 Å². The number of benzene rings is 1. The van der Waals surface area contributed by atoms with Crippen molar-refractivity contribution in [3.05, 3.63) is 56.5 Å². The minimum absolute atomic E-state index is 0.0481. The van der Waals surface area contributed by atoms with Crippen LogP contribution < -0.4 is 5.32 Å². The molecule has 3 heterocycles. The third kappa shape index (κ3) is 2.62. The van der Waals surface area contributed by atoms with E-state index in [4.69, 9.17) is 16.3 Å². The number of anilines is 1. The van der Waals surface area contributed by atoms with Gasteiger partial charge in [0.15, 0.2) is 0 Å². The summed E-state index contributed by atoms with van der Waals surface area (Å²) in [6.45, 7) is 0.584. The molecule has 1 N–H and O–H groups in total. The van der Waals surface area contributed by atoms with Gasteiger partial charge in [0.1, 0.15) is 12.3 Å². The lowest BCUT2D eigenvalue weighted by Gasteiger charge is -2.20. The molecule has 0 radical (unpaired) electrons. The maximum absolute atomic E-state index is 11.4. The van der Waals surface area contributed by atoms with Crippen LogP contribution in [0.3, 0.4) is 0 Å². The number of fused-ring (bicyclic) bond motifs is 1. The molecule has 124 valence electrons. The molecule has 0 saturated carbocycles. The molecular formula is C15H13ClN4O3S. The Morgan fingerprint density at radius 2 is 2.21 bits per heavy atom. The Morgan fingerprint density at radius 1 is 1.42 bits per heavy atom.